The van der Waals surface area contributed by atoms with Crippen molar-refractivity contribution in [1.29, 1.82) is 0 Å². The lowest BCUT2D eigenvalue weighted by molar-refractivity contribution is -0.116. The Morgan fingerprint density at radius 1 is 1.19 bits per heavy atom. The Hall–Kier alpha value is -2.48. The fourth-order valence-electron chi connectivity index (χ4n) is 4.00. The molecule has 6 nitrogen and oxygen atoms in total. The fourth-order valence-corrected chi connectivity index (χ4v) is 4.72. The average molecular weight is 440 g/mol. The summed E-state index contributed by atoms with van der Waals surface area (Å²) >= 11 is 1.47. The van der Waals surface area contributed by atoms with E-state index in [1.165, 1.54) is 11.3 Å². The Bertz CT molecular complexity index is 1010. The molecule has 3 aromatic rings. The van der Waals surface area contributed by atoms with E-state index >= 15 is 0 Å². The van der Waals surface area contributed by atoms with Crippen LogP contribution in [0.25, 0.3) is 10.8 Å². The molecule has 0 spiro atoms. The first-order valence-corrected chi connectivity index (χ1v) is 11.7. The zero-order valence-electron chi connectivity index (χ0n) is 18.0. The van der Waals surface area contributed by atoms with Crippen LogP contribution < -0.4 is 10.1 Å². The summed E-state index contributed by atoms with van der Waals surface area (Å²) in [6, 6.07) is 14.2. The van der Waals surface area contributed by atoms with Crippen molar-refractivity contribution >= 4 is 33.1 Å². The zero-order chi connectivity index (χ0) is 21.6. The van der Waals surface area contributed by atoms with Crippen LogP contribution in [-0.2, 0) is 16.1 Å². The second kappa shape index (κ2) is 10.2. The number of nitrogens with one attached hydrogen (secondary N) is 1. The standard InChI is InChI=1S/C24H29N3O3S/c1-17-13-27(14-18(2)30-17)15-20-16-31-24(25-20)26-23(28)11-6-12-29-22-10-5-8-19-7-3-4-9-21(19)22/h3-5,7-10,16-18H,6,11-15H2,1-2H3,(H,25,26,28). The highest BCUT2D eigenvalue weighted by Gasteiger charge is 2.22. The predicted octanol–water partition coefficient (Wildman–Crippen LogP) is 4.70. The van der Waals surface area contributed by atoms with E-state index < -0.39 is 0 Å². The lowest BCUT2D eigenvalue weighted by Crippen LogP contribution is -2.44. The lowest BCUT2D eigenvalue weighted by atomic mass is 10.1. The molecule has 0 radical (unpaired) electrons. The maximum absolute atomic E-state index is 12.3. The summed E-state index contributed by atoms with van der Waals surface area (Å²) in [5.74, 6) is 0.825. The van der Waals surface area contributed by atoms with E-state index in [1.54, 1.807) is 0 Å². The van der Waals surface area contributed by atoms with Crippen LogP contribution in [0, 0.1) is 0 Å². The molecule has 1 aliphatic rings. The highest BCUT2D eigenvalue weighted by atomic mass is 32.1. The molecule has 31 heavy (non-hydrogen) atoms. The van der Waals surface area contributed by atoms with Crippen molar-refractivity contribution in [2.45, 2.75) is 45.4 Å². The normalized spacial score (nSPS) is 19.4. The van der Waals surface area contributed by atoms with Gasteiger partial charge in [-0.15, -0.1) is 11.3 Å². The van der Waals surface area contributed by atoms with Gasteiger partial charge in [-0.1, -0.05) is 36.4 Å². The van der Waals surface area contributed by atoms with Gasteiger partial charge in [0.05, 0.1) is 24.5 Å². The van der Waals surface area contributed by atoms with Crippen molar-refractivity contribution in [3.8, 4) is 5.75 Å². The minimum absolute atomic E-state index is 0.0314. The number of thiazole rings is 1. The second-order valence-electron chi connectivity index (χ2n) is 8.07. The van der Waals surface area contributed by atoms with Crippen LogP contribution in [-0.4, -0.2) is 47.7 Å². The summed E-state index contributed by atoms with van der Waals surface area (Å²) < 4.78 is 11.7. The number of amides is 1. The van der Waals surface area contributed by atoms with E-state index in [0.29, 0.717) is 24.6 Å². The maximum atomic E-state index is 12.3. The number of hydrogen-bond acceptors (Lipinski definition) is 6. The summed E-state index contributed by atoms with van der Waals surface area (Å²) in [5.41, 5.74) is 0.987. The lowest BCUT2D eigenvalue weighted by Gasteiger charge is -2.34. The van der Waals surface area contributed by atoms with E-state index in [2.05, 4.69) is 47.2 Å². The van der Waals surface area contributed by atoms with Crippen LogP contribution in [0.5, 0.6) is 5.75 Å². The molecule has 1 fully saturated rings. The smallest absolute Gasteiger partial charge is 0.226 e. The molecule has 0 aliphatic carbocycles. The van der Waals surface area contributed by atoms with E-state index in [0.717, 1.165) is 41.9 Å². The van der Waals surface area contributed by atoms with Crippen LogP contribution in [0.2, 0.25) is 0 Å². The molecule has 0 bridgehead atoms. The van der Waals surface area contributed by atoms with Gasteiger partial charge in [-0.2, -0.15) is 0 Å². The summed E-state index contributed by atoms with van der Waals surface area (Å²) in [4.78, 5) is 19.2. The van der Waals surface area contributed by atoms with Gasteiger partial charge >= 0.3 is 0 Å². The van der Waals surface area contributed by atoms with Gasteiger partial charge in [0.2, 0.25) is 5.91 Å². The number of hydrogen-bond donors (Lipinski definition) is 1. The van der Waals surface area contributed by atoms with Gasteiger partial charge < -0.3 is 14.8 Å². The number of nitrogens with zero attached hydrogens (tertiary/aromatic N) is 2. The molecule has 1 aliphatic heterocycles. The van der Waals surface area contributed by atoms with Crippen LogP contribution in [0.1, 0.15) is 32.4 Å². The summed E-state index contributed by atoms with van der Waals surface area (Å²) in [6.07, 6.45) is 1.52. The summed E-state index contributed by atoms with van der Waals surface area (Å²) in [6.45, 7) is 7.28. The van der Waals surface area contributed by atoms with Gasteiger partial charge in [-0.05, 0) is 31.7 Å². The monoisotopic (exact) mass is 439 g/mol. The maximum Gasteiger partial charge on any atom is 0.226 e. The van der Waals surface area contributed by atoms with Gasteiger partial charge in [0.1, 0.15) is 5.75 Å². The van der Waals surface area contributed by atoms with Crippen molar-refractivity contribution < 1.29 is 14.3 Å². The third-order valence-electron chi connectivity index (χ3n) is 5.23. The van der Waals surface area contributed by atoms with Crippen LogP contribution in [0.4, 0.5) is 5.13 Å². The van der Waals surface area contributed by atoms with Crippen molar-refractivity contribution in [1.82, 2.24) is 9.88 Å². The minimum Gasteiger partial charge on any atom is -0.493 e. The molecule has 1 N–H and O–H groups in total. The molecule has 0 saturated carbocycles. The Labute approximate surface area is 187 Å². The first-order valence-electron chi connectivity index (χ1n) is 10.8. The minimum atomic E-state index is -0.0314. The Balaban J connectivity index is 1.21. The third-order valence-corrected chi connectivity index (χ3v) is 6.04. The Morgan fingerprint density at radius 2 is 1.97 bits per heavy atom. The molecule has 1 amide bonds. The van der Waals surface area contributed by atoms with E-state index in [9.17, 15) is 4.79 Å². The number of rotatable bonds is 8. The van der Waals surface area contributed by atoms with E-state index in [1.807, 2.05) is 29.6 Å². The summed E-state index contributed by atoms with van der Waals surface area (Å²) in [5, 5.41) is 7.83. The van der Waals surface area contributed by atoms with Crippen molar-refractivity contribution in [3.05, 3.63) is 53.5 Å². The zero-order valence-corrected chi connectivity index (χ0v) is 18.9. The fraction of sp³-hybridized carbons (Fsp3) is 0.417. The number of carbonyl (C=O) groups is 1. The largest absolute Gasteiger partial charge is 0.493 e. The number of ether oxygens (including phenoxy) is 2. The molecule has 2 aromatic carbocycles. The SMILES string of the molecule is CC1CN(Cc2csc(NC(=O)CCCOc3cccc4ccccc34)n2)CC(C)O1. The number of morpholine rings is 1. The van der Waals surface area contributed by atoms with Gasteiger partial charge in [0, 0.05) is 36.8 Å². The molecular weight excluding hydrogens is 410 g/mol. The molecule has 7 heteroatoms. The number of anilines is 1. The Morgan fingerprint density at radius 3 is 2.81 bits per heavy atom. The topological polar surface area (TPSA) is 63.7 Å². The third kappa shape index (κ3) is 6.03. The highest BCUT2D eigenvalue weighted by Crippen LogP contribution is 2.25. The molecule has 1 saturated heterocycles. The quantitative estimate of drug-likeness (QED) is 0.515. The average Bonchev–Trinajstić information content (AvgIpc) is 3.17. The molecule has 2 atom stereocenters. The van der Waals surface area contributed by atoms with Gasteiger partial charge in [-0.25, -0.2) is 4.98 Å². The second-order valence-corrected chi connectivity index (χ2v) is 8.93. The Kier molecular flexibility index (Phi) is 7.17. The van der Waals surface area contributed by atoms with Crippen molar-refractivity contribution in [2.75, 3.05) is 25.0 Å². The molecule has 4 rings (SSSR count). The number of fused-ring (bicyclic) bond motifs is 1. The molecule has 164 valence electrons. The van der Waals surface area contributed by atoms with Gasteiger partial charge in [-0.3, -0.25) is 9.69 Å². The molecule has 1 aromatic heterocycles. The summed E-state index contributed by atoms with van der Waals surface area (Å²) in [7, 11) is 0. The predicted molar refractivity (Wildman–Crippen MR) is 125 cm³/mol. The van der Waals surface area contributed by atoms with Gasteiger partial charge in [0.15, 0.2) is 5.13 Å². The van der Waals surface area contributed by atoms with E-state index in [4.69, 9.17) is 9.47 Å². The number of benzene rings is 2. The van der Waals surface area contributed by atoms with Crippen LogP contribution in [0.15, 0.2) is 47.8 Å². The molecule has 2 unspecified atom stereocenters. The van der Waals surface area contributed by atoms with Gasteiger partial charge in [0.25, 0.3) is 0 Å². The number of aromatic nitrogens is 1. The van der Waals surface area contributed by atoms with Crippen molar-refractivity contribution in [2.24, 2.45) is 0 Å². The molecular formula is C24H29N3O3S. The highest BCUT2D eigenvalue weighted by molar-refractivity contribution is 7.13. The van der Waals surface area contributed by atoms with E-state index in [-0.39, 0.29) is 18.1 Å². The molecule has 2 heterocycles. The van der Waals surface area contributed by atoms with Crippen LogP contribution in [0.3, 0.4) is 0 Å². The first-order chi connectivity index (χ1) is 15.1. The van der Waals surface area contributed by atoms with Crippen molar-refractivity contribution in [3.63, 3.8) is 0 Å². The first kappa shape index (κ1) is 21.7. The van der Waals surface area contributed by atoms with Crippen LogP contribution >= 0.6 is 11.3 Å². The number of carbonyl (C=O) groups excluding carboxylic acids is 1.